The van der Waals surface area contributed by atoms with Gasteiger partial charge in [-0.05, 0) is 79.4 Å². The van der Waals surface area contributed by atoms with Crippen molar-refractivity contribution >= 4 is 11.9 Å². The fraction of sp³-hybridized carbons (Fsp3) is 0.657. The zero-order chi connectivity index (χ0) is 30.5. The maximum absolute atomic E-state index is 15.5. The number of esters is 2. The highest BCUT2D eigenvalue weighted by Crippen LogP contribution is 2.45. The summed E-state index contributed by atoms with van der Waals surface area (Å²) < 4.78 is 31.1. The van der Waals surface area contributed by atoms with Gasteiger partial charge in [-0.25, -0.2) is 14.0 Å². The molecular weight excluding hydrogens is 535 g/mol. The van der Waals surface area contributed by atoms with Gasteiger partial charge in [0.25, 0.3) is 0 Å². The third kappa shape index (κ3) is 10.0. The van der Waals surface area contributed by atoms with Crippen LogP contribution in [0.4, 0.5) is 4.39 Å². The van der Waals surface area contributed by atoms with Crippen LogP contribution in [0.1, 0.15) is 107 Å². The van der Waals surface area contributed by atoms with Crippen LogP contribution in [0.15, 0.2) is 42.5 Å². The molecule has 2 aliphatic carbocycles. The molecular formula is C35H51FO6. The van der Waals surface area contributed by atoms with Gasteiger partial charge in [0.1, 0.15) is 19.0 Å². The molecule has 3 rings (SSSR count). The Balaban J connectivity index is 1.58. The first-order valence-electron chi connectivity index (χ1n) is 15.9. The number of unbranched alkanes of at least 4 members (excludes halogenated alkanes) is 2. The Labute approximate surface area is 251 Å². The summed E-state index contributed by atoms with van der Waals surface area (Å²) >= 11 is 0. The van der Waals surface area contributed by atoms with Crippen molar-refractivity contribution in [3.8, 4) is 0 Å². The molecule has 0 radical (unpaired) electrons. The van der Waals surface area contributed by atoms with E-state index in [4.69, 9.17) is 19.3 Å². The van der Waals surface area contributed by atoms with Crippen LogP contribution in [0.3, 0.4) is 0 Å². The van der Waals surface area contributed by atoms with Crippen molar-refractivity contribution in [3.05, 3.63) is 59.4 Å². The molecule has 0 amide bonds. The predicted octanol–water partition coefficient (Wildman–Crippen LogP) is 7.41. The predicted molar refractivity (Wildman–Crippen MR) is 163 cm³/mol. The third-order valence-electron chi connectivity index (χ3n) is 9.40. The van der Waals surface area contributed by atoms with E-state index >= 15 is 4.39 Å². The lowest BCUT2D eigenvalue weighted by Gasteiger charge is -2.38. The summed E-state index contributed by atoms with van der Waals surface area (Å²) in [6.07, 6.45) is 15.5. The number of halogens is 1. The van der Waals surface area contributed by atoms with Gasteiger partial charge in [0, 0.05) is 7.11 Å². The second kappa shape index (κ2) is 17.6. The van der Waals surface area contributed by atoms with Crippen LogP contribution >= 0.6 is 0 Å². The number of carbonyl (C=O) groups excluding carboxylic acids is 2. The monoisotopic (exact) mass is 586 g/mol. The van der Waals surface area contributed by atoms with Crippen molar-refractivity contribution < 1.29 is 33.3 Å². The van der Waals surface area contributed by atoms with Gasteiger partial charge in [0.15, 0.2) is 0 Å². The maximum Gasteiger partial charge on any atom is 0.335 e. The van der Waals surface area contributed by atoms with E-state index < -0.39 is 30.3 Å². The molecule has 42 heavy (non-hydrogen) atoms. The highest BCUT2D eigenvalue weighted by atomic mass is 19.1. The summed E-state index contributed by atoms with van der Waals surface area (Å²) in [6, 6.07) is 5.26. The summed E-state index contributed by atoms with van der Waals surface area (Å²) in [4.78, 5) is 24.3. The normalized spacial score (nSPS) is 23.1. The number of aliphatic hydroxyl groups excluding tert-OH is 1. The molecule has 1 aromatic carbocycles. The van der Waals surface area contributed by atoms with E-state index in [1.165, 1.54) is 71.3 Å². The van der Waals surface area contributed by atoms with Gasteiger partial charge >= 0.3 is 11.9 Å². The van der Waals surface area contributed by atoms with Crippen molar-refractivity contribution in [1.29, 1.82) is 0 Å². The van der Waals surface area contributed by atoms with E-state index in [0.29, 0.717) is 11.5 Å². The Hall–Kier alpha value is -2.51. The molecule has 7 heteroatoms. The number of rotatable bonds is 16. The molecule has 0 saturated heterocycles. The summed E-state index contributed by atoms with van der Waals surface area (Å²) in [5, 5.41) is 9.16. The zero-order valence-electron chi connectivity index (χ0n) is 25.7. The molecule has 6 nitrogen and oxygen atoms in total. The molecule has 234 valence electrons. The standard InChI is InChI=1S/C35H51FO6/c1-5-6-7-8-26-9-11-27(12-10-26)28-13-15-29(16-14-28)30-17-18-32(33(36)19-30)31(22-41-34(38)24(2)20-37)23-42-35(39)25(3)21-40-4/h17-19,26-29,31,37H,2-3,5-16,20-23H2,1,4H3. The molecule has 1 unspecified atom stereocenters. The van der Waals surface area contributed by atoms with Crippen LogP contribution in [0, 0.1) is 23.6 Å². The number of methoxy groups -OCH3 is 1. The molecule has 0 aliphatic heterocycles. The van der Waals surface area contributed by atoms with Crippen LogP contribution in [0.2, 0.25) is 0 Å². The molecule has 0 spiro atoms. The van der Waals surface area contributed by atoms with Crippen LogP contribution < -0.4 is 0 Å². The smallest absolute Gasteiger partial charge is 0.335 e. The van der Waals surface area contributed by atoms with Crippen molar-refractivity contribution in [2.75, 3.05) is 33.5 Å². The fourth-order valence-electron chi connectivity index (χ4n) is 6.77. The van der Waals surface area contributed by atoms with Crippen molar-refractivity contribution in [2.24, 2.45) is 17.8 Å². The van der Waals surface area contributed by atoms with E-state index in [-0.39, 0.29) is 31.0 Å². The Bertz CT molecular complexity index is 1040. The first kappa shape index (κ1) is 34.0. The summed E-state index contributed by atoms with van der Waals surface area (Å²) in [5.41, 5.74) is 1.32. The number of aliphatic hydroxyl groups is 1. The molecule has 0 heterocycles. The second-order valence-corrected chi connectivity index (χ2v) is 12.4. The largest absolute Gasteiger partial charge is 0.461 e. The Kier molecular flexibility index (Phi) is 14.2. The topological polar surface area (TPSA) is 82.1 Å². The number of carbonyl (C=O) groups is 2. The minimum Gasteiger partial charge on any atom is -0.461 e. The molecule has 2 aliphatic rings. The summed E-state index contributed by atoms with van der Waals surface area (Å²) in [5.74, 6) is 0.307. The highest BCUT2D eigenvalue weighted by molar-refractivity contribution is 5.88. The third-order valence-corrected chi connectivity index (χ3v) is 9.40. The number of hydrogen-bond donors (Lipinski definition) is 1. The van der Waals surface area contributed by atoms with Crippen LogP contribution in [0.25, 0.3) is 0 Å². The minimum atomic E-state index is -0.781. The average molecular weight is 587 g/mol. The molecule has 1 aromatic rings. The van der Waals surface area contributed by atoms with E-state index in [2.05, 4.69) is 20.1 Å². The van der Waals surface area contributed by atoms with E-state index in [0.717, 1.165) is 36.2 Å². The van der Waals surface area contributed by atoms with Gasteiger partial charge < -0.3 is 19.3 Å². The van der Waals surface area contributed by atoms with Crippen LogP contribution in [-0.4, -0.2) is 50.6 Å². The van der Waals surface area contributed by atoms with Crippen molar-refractivity contribution in [2.45, 2.75) is 95.8 Å². The van der Waals surface area contributed by atoms with Crippen LogP contribution in [-0.2, 0) is 23.8 Å². The lowest BCUT2D eigenvalue weighted by Crippen LogP contribution is -2.25. The van der Waals surface area contributed by atoms with Gasteiger partial charge in [0.2, 0.25) is 0 Å². The summed E-state index contributed by atoms with van der Waals surface area (Å²) in [6.45, 7) is 8.41. The van der Waals surface area contributed by atoms with E-state index in [9.17, 15) is 9.59 Å². The maximum atomic E-state index is 15.5. The van der Waals surface area contributed by atoms with E-state index in [1.807, 2.05) is 6.07 Å². The highest BCUT2D eigenvalue weighted by Gasteiger charge is 2.32. The minimum absolute atomic E-state index is 0.0143. The molecule has 1 atom stereocenters. The molecule has 0 aromatic heterocycles. The van der Waals surface area contributed by atoms with Gasteiger partial charge in [0.05, 0.1) is 30.3 Å². The summed E-state index contributed by atoms with van der Waals surface area (Å²) in [7, 11) is 1.44. The number of ether oxygens (including phenoxy) is 3. The lowest BCUT2D eigenvalue weighted by atomic mass is 9.68. The average Bonchev–Trinajstić information content (AvgIpc) is 3.01. The number of benzene rings is 1. The number of hydrogen-bond acceptors (Lipinski definition) is 6. The molecule has 1 N–H and O–H groups in total. The molecule has 2 fully saturated rings. The molecule has 2 saturated carbocycles. The fourth-order valence-corrected chi connectivity index (χ4v) is 6.77. The van der Waals surface area contributed by atoms with Gasteiger partial charge in [-0.1, -0.05) is 70.7 Å². The van der Waals surface area contributed by atoms with Crippen LogP contribution in [0.5, 0.6) is 0 Å². The van der Waals surface area contributed by atoms with Crippen molar-refractivity contribution in [3.63, 3.8) is 0 Å². The van der Waals surface area contributed by atoms with Gasteiger partial charge in [-0.15, -0.1) is 0 Å². The Morgan fingerprint density at radius 3 is 2.07 bits per heavy atom. The first-order valence-corrected chi connectivity index (χ1v) is 15.9. The second-order valence-electron chi connectivity index (χ2n) is 12.4. The van der Waals surface area contributed by atoms with Gasteiger partial charge in [-0.3, -0.25) is 0 Å². The Morgan fingerprint density at radius 2 is 1.52 bits per heavy atom. The SMILES string of the molecule is C=C(CO)C(=O)OCC(COC(=O)C(=C)COC)c1ccc(C2CCC(C3CCC(CCCCC)CC3)CC2)cc1F. The van der Waals surface area contributed by atoms with Crippen molar-refractivity contribution in [1.82, 2.24) is 0 Å². The van der Waals surface area contributed by atoms with E-state index in [1.54, 1.807) is 12.1 Å². The first-order chi connectivity index (χ1) is 20.3. The lowest BCUT2D eigenvalue weighted by molar-refractivity contribution is -0.143. The zero-order valence-corrected chi connectivity index (χ0v) is 25.7. The molecule has 0 bridgehead atoms. The van der Waals surface area contributed by atoms with Gasteiger partial charge in [-0.2, -0.15) is 0 Å². The quantitative estimate of drug-likeness (QED) is 0.123. The Morgan fingerprint density at radius 1 is 0.929 bits per heavy atom.